The van der Waals surface area contributed by atoms with Crippen LogP contribution in [0.3, 0.4) is 0 Å². The molecule has 2 amide bonds. The van der Waals surface area contributed by atoms with Gasteiger partial charge in [0.15, 0.2) is 11.6 Å². The molecule has 1 atom stereocenters. The Morgan fingerprint density at radius 1 is 1.09 bits per heavy atom. The second kappa shape index (κ2) is 10.4. The van der Waals surface area contributed by atoms with Crippen molar-refractivity contribution >= 4 is 27.5 Å². The topological polar surface area (TPSA) is 96.0 Å². The molecule has 8 nitrogen and oxygen atoms in total. The minimum absolute atomic E-state index is 0.00674. The highest BCUT2D eigenvalue weighted by Crippen LogP contribution is 2.22. The molecule has 0 heterocycles. The number of carbonyl (C=O) groups is 2. The molecule has 0 spiro atoms. The lowest BCUT2D eigenvalue weighted by atomic mass is 10.1. The zero-order chi connectivity index (χ0) is 24.1. The predicted molar refractivity (Wildman–Crippen MR) is 116 cm³/mol. The first-order valence-electron chi connectivity index (χ1n) is 9.54. The first kappa shape index (κ1) is 25.1. The lowest BCUT2D eigenvalue weighted by molar-refractivity contribution is -0.139. The van der Waals surface area contributed by atoms with Gasteiger partial charge in [-0.1, -0.05) is 12.1 Å². The van der Waals surface area contributed by atoms with Gasteiger partial charge in [-0.25, -0.2) is 17.2 Å². The van der Waals surface area contributed by atoms with Crippen molar-refractivity contribution in [3.8, 4) is 5.75 Å². The molecule has 0 radical (unpaired) electrons. The summed E-state index contributed by atoms with van der Waals surface area (Å²) in [7, 11) is -1.10. The highest BCUT2D eigenvalue weighted by molar-refractivity contribution is 7.92. The van der Waals surface area contributed by atoms with Crippen LogP contribution in [0.15, 0.2) is 42.5 Å². The molecule has 0 saturated heterocycles. The van der Waals surface area contributed by atoms with Gasteiger partial charge in [-0.15, -0.1) is 0 Å². The summed E-state index contributed by atoms with van der Waals surface area (Å²) in [5.74, 6) is -2.95. The maximum absolute atomic E-state index is 13.7. The second-order valence-corrected chi connectivity index (χ2v) is 8.93. The molecule has 2 rings (SSSR count). The van der Waals surface area contributed by atoms with Crippen LogP contribution in [0.1, 0.15) is 12.5 Å². The van der Waals surface area contributed by atoms with Crippen LogP contribution in [0.2, 0.25) is 0 Å². The van der Waals surface area contributed by atoms with Gasteiger partial charge in [-0.3, -0.25) is 13.9 Å². The van der Waals surface area contributed by atoms with Gasteiger partial charge < -0.3 is 15.0 Å². The lowest BCUT2D eigenvalue weighted by Gasteiger charge is -2.31. The van der Waals surface area contributed by atoms with E-state index < -0.39 is 46.1 Å². The Labute approximate surface area is 185 Å². The number of methoxy groups -OCH3 is 1. The molecule has 1 N–H and O–H groups in total. The van der Waals surface area contributed by atoms with Gasteiger partial charge in [0.2, 0.25) is 21.8 Å². The molecule has 11 heteroatoms. The van der Waals surface area contributed by atoms with Crippen molar-refractivity contribution in [2.75, 3.05) is 31.3 Å². The molecule has 0 fully saturated rings. The van der Waals surface area contributed by atoms with Crippen LogP contribution in [0.4, 0.5) is 14.5 Å². The van der Waals surface area contributed by atoms with Crippen LogP contribution in [-0.2, 0) is 26.2 Å². The number of amides is 2. The van der Waals surface area contributed by atoms with Gasteiger partial charge >= 0.3 is 0 Å². The van der Waals surface area contributed by atoms with E-state index >= 15 is 0 Å². The number of nitrogens with one attached hydrogen (secondary N) is 1. The van der Waals surface area contributed by atoms with Crippen molar-refractivity contribution < 1.29 is 31.5 Å². The van der Waals surface area contributed by atoms with Crippen LogP contribution in [-0.4, -0.2) is 58.1 Å². The standard InChI is InChI=1S/C21H25F2N3O5S/c1-14(21(28)24-2)25(12-15-5-8-17(31-3)9-6-15)20(27)13-26(32(4,29)30)16-7-10-18(22)19(23)11-16/h5-11,14H,12-13H2,1-4H3,(H,24,28)/t14-/m1/s1. The average Bonchev–Trinajstić information content (AvgIpc) is 2.76. The van der Waals surface area contributed by atoms with E-state index in [9.17, 15) is 26.8 Å². The van der Waals surface area contributed by atoms with E-state index in [4.69, 9.17) is 4.74 Å². The Bertz CT molecular complexity index is 1080. The maximum Gasteiger partial charge on any atom is 0.244 e. The number of anilines is 1. The summed E-state index contributed by atoms with van der Waals surface area (Å²) in [4.78, 5) is 26.6. The van der Waals surface area contributed by atoms with Crippen LogP contribution < -0.4 is 14.4 Å². The van der Waals surface area contributed by atoms with Gasteiger partial charge in [-0.05, 0) is 36.8 Å². The van der Waals surface area contributed by atoms with Gasteiger partial charge in [0.05, 0.1) is 19.1 Å². The van der Waals surface area contributed by atoms with E-state index in [1.165, 1.54) is 26.0 Å². The molecule has 0 aliphatic carbocycles. The summed E-state index contributed by atoms with van der Waals surface area (Å²) in [6.07, 6.45) is 0.845. The Morgan fingerprint density at radius 2 is 1.72 bits per heavy atom. The van der Waals surface area contributed by atoms with Gasteiger partial charge in [0.1, 0.15) is 18.3 Å². The van der Waals surface area contributed by atoms with Gasteiger partial charge in [-0.2, -0.15) is 0 Å². The third-order valence-electron chi connectivity index (χ3n) is 4.80. The number of carbonyl (C=O) groups excluding carboxylic acids is 2. The Morgan fingerprint density at radius 3 is 2.22 bits per heavy atom. The second-order valence-electron chi connectivity index (χ2n) is 7.03. The Hall–Kier alpha value is -3.21. The predicted octanol–water partition coefficient (Wildman–Crippen LogP) is 1.90. The quantitative estimate of drug-likeness (QED) is 0.605. The summed E-state index contributed by atoms with van der Waals surface area (Å²) in [5, 5.41) is 2.46. The molecule has 0 unspecified atom stereocenters. The SMILES string of the molecule is CNC(=O)[C@@H](C)N(Cc1ccc(OC)cc1)C(=O)CN(c1ccc(F)c(F)c1)S(C)(=O)=O. The number of hydrogen-bond acceptors (Lipinski definition) is 5. The number of likely N-dealkylation sites (N-methyl/N-ethyl adjacent to an activating group) is 1. The summed E-state index contributed by atoms with van der Waals surface area (Å²) >= 11 is 0. The van der Waals surface area contributed by atoms with E-state index in [0.717, 1.165) is 18.4 Å². The van der Waals surface area contributed by atoms with Crippen molar-refractivity contribution in [3.05, 3.63) is 59.7 Å². The number of hydrogen-bond donors (Lipinski definition) is 1. The van der Waals surface area contributed by atoms with Crippen LogP contribution in [0.25, 0.3) is 0 Å². The van der Waals surface area contributed by atoms with Gasteiger partial charge in [0, 0.05) is 19.7 Å². The molecule has 0 bridgehead atoms. The smallest absolute Gasteiger partial charge is 0.244 e. The zero-order valence-corrected chi connectivity index (χ0v) is 18.9. The van der Waals surface area contributed by atoms with Crippen LogP contribution >= 0.6 is 0 Å². The molecule has 2 aromatic carbocycles. The minimum Gasteiger partial charge on any atom is -0.497 e. The molecular weight excluding hydrogens is 444 g/mol. The van der Waals surface area contributed by atoms with Crippen LogP contribution in [0, 0.1) is 11.6 Å². The average molecular weight is 470 g/mol. The molecule has 32 heavy (non-hydrogen) atoms. The largest absolute Gasteiger partial charge is 0.497 e. The highest BCUT2D eigenvalue weighted by atomic mass is 32.2. The minimum atomic E-state index is -4.03. The van der Waals surface area contributed by atoms with Crippen molar-refractivity contribution in [2.45, 2.75) is 19.5 Å². The summed E-state index contributed by atoms with van der Waals surface area (Å²) in [6, 6.07) is 8.39. The molecular formula is C21H25F2N3O5S. The number of benzene rings is 2. The molecule has 0 aromatic heterocycles. The zero-order valence-electron chi connectivity index (χ0n) is 18.1. The fraction of sp³-hybridized carbons (Fsp3) is 0.333. The van der Waals surface area contributed by atoms with E-state index in [0.29, 0.717) is 21.7 Å². The summed E-state index contributed by atoms with van der Waals surface area (Å²) < 4.78 is 57.4. The number of nitrogens with zero attached hydrogens (tertiary/aromatic N) is 2. The van der Waals surface area contributed by atoms with Gasteiger partial charge in [0.25, 0.3) is 0 Å². The summed E-state index contributed by atoms with van der Waals surface area (Å²) in [5.41, 5.74) is 0.463. The van der Waals surface area contributed by atoms with Crippen molar-refractivity contribution in [3.63, 3.8) is 0 Å². The molecule has 174 valence electrons. The maximum atomic E-state index is 13.7. The Kier molecular flexibility index (Phi) is 8.14. The molecule has 0 aliphatic rings. The molecule has 2 aromatic rings. The first-order chi connectivity index (χ1) is 15.0. The van der Waals surface area contributed by atoms with E-state index in [1.807, 2.05) is 0 Å². The van der Waals surface area contributed by atoms with E-state index in [2.05, 4.69) is 5.32 Å². The lowest BCUT2D eigenvalue weighted by Crippen LogP contribution is -2.50. The van der Waals surface area contributed by atoms with Crippen molar-refractivity contribution in [1.82, 2.24) is 10.2 Å². The molecule has 0 saturated carbocycles. The third kappa shape index (κ3) is 6.16. The van der Waals surface area contributed by atoms with Crippen LogP contribution in [0.5, 0.6) is 5.75 Å². The number of rotatable bonds is 9. The normalized spacial score (nSPS) is 12.1. The first-order valence-corrected chi connectivity index (χ1v) is 11.4. The fourth-order valence-electron chi connectivity index (χ4n) is 2.97. The van der Waals surface area contributed by atoms with E-state index in [-0.39, 0.29) is 12.2 Å². The highest BCUT2D eigenvalue weighted by Gasteiger charge is 2.30. The monoisotopic (exact) mass is 469 g/mol. The molecule has 0 aliphatic heterocycles. The number of ether oxygens (including phenoxy) is 1. The van der Waals surface area contributed by atoms with Crippen molar-refractivity contribution in [1.29, 1.82) is 0 Å². The summed E-state index contributed by atoms with van der Waals surface area (Å²) in [6.45, 7) is 0.802. The third-order valence-corrected chi connectivity index (χ3v) is 5.94. The van der Waals surface area contributed by atoms with E-state index in [1.54, 1.807) is 24.3 Å². The number of sulfonamides is 1. The number of halogens is 2. The van der Waals surface area contributed by atoms with Crippen molar-refractivity contribution in [2.24, 2.45) is 0 Å². The fourth-order valence-corrected chi connectivity index (χ4v) is 3.81. The Balaban J connectivity index is 2.38.